The number of imidazole rings is 1. The summed E-state index contributed by atoms with van der Waals surface area (Å²) in [5.41, 5.74) is 3.88. The molecule has 1 fully saturated rings. The minimum absolute atomic E-state index is 0.406. The maximum absolute atomic E-state index is 4.60. The number of H-pyrrole nitrogens is 1. The second kappa shape index (κ2) is 3.85. The standard InChI is InChI=1S/C14H13N5/c1-8-4-5-15-13(18-8)10-6-9(10)11-2-3-12-14(19-11)17-7-16-12/h2-5,7,9-10H,6H2,1H3,(H,16,17,19)/t9-,10-/m1/s1. The summed E-state index contributed by atoms with van der Waals surface area (Å²) in [4.78, 5) is 20.7. The lowest BCUT2D eigenvalue weighted by molar-refractivity contribution is 0.867. The maximum Gasteiger partial charge on any atom is 0.177 e. The van der Waals surface area contributed by atoms with Crippen LogP contribution in [0.5, 0.6) is 0 Å². The van der Waals surface area contributed by atoms with E-state index in [0.29, 0.717) is 11.8 Å². The molecule has 0 aromatic carbocycles. The van der Waals surface area contributed by atoms with E-state index in [1.165, 1.54) is 0 Å². The van der Waals surface area contributed by atoms with Crippen molar-refractivity contribution >= 4 is 11.2 Å². The molecule has 1 aliphatic rings. The summed E-state index contributed by atoms with van der Waals surface area (Å²) in [7, 11) is 0. The first kappa shape index (κ1) is 10.6. The van der Waals surface area contributed by atoms with Crippen molar-refractivity contribution in [3.05, 3.63) is 47.9 Å². The number of aromatic amines is 1. The van der Waals surface area contributed by atoms with E-state index in [4.69, 9.17) is 0 Å². The number of hydrogen-bond donors (Lipinski definition) is 1. The van der Waals surface area contributed by atoms with E-state index in [1.54, 1.807) is 6.33 Å². The highest BCUT2D eigenvalue weighted by Gasteiger charge is 2.42. The maximum atomic E-state index is 4.60. The van der Waals surface area contributed by atoms with Gasteiger partial charge in [-0.05, 0) is 31.5 Å². The zero-order chi connectivity index (χ0) is 12.8. The van der Waals surface area contributed by atoms with E-state index in [-0.39, 0.29) is 0 Å². The van der Waals surface area contributed by atoms with Crippen LogP contribution in [0.25, 0.3) is 11.2 Å². The van der Waals surface area contributed by atoms with Crippen molar-refractivity contribution in [1.29, 1.82) is 0 Å². The van der Waals surface area contributed by atoms with E-state index >= 15 is 0 Å². The van der Waals surface area contributed by atoms with Crippen molar-refractivity contribution in [2.75, 3.05) is 0 Å². The first-order chi connectivity index (χ1) is 9.31. The molecule has 0 unspecified atom stereocenters. The molecule has 1 N–H and O–H groups in total. The van der Waals surface area contributed by atoms with Gasteiger partial charge in [-0.3, -0.25) is 0 Å². The molecule has 0 amide bonds. The van der Waals surface area contributed by atoms with Gasteiger partial charge in [-0.2, -0.15) is 0 Å². The average molecular weight is 251 g/mol. The summed E-state index contributed by atoms with van der Waals surface area (Å²) in [6.45, 7) is 2.00. The molecule has 2 atom stereocenters. The molecule has 5 nitrogen and oxygen atoms in total. The van der Waals surface area contributed by atoms with Gasteiger partial charge in [0.15, 0.2) is 5.65 Å². The molecule has 4 rings (SSSR count). The molecule has 19 heavy (non-hydrogen) atoms. The summed E-state index contributed by atoms with van der Waals surface area (Å²) < 4.78 is 0. The van der Waals surface area contributed by atoms with Crippen LogP contribution in [0.2, 0.25) is 0 Å². The Labute approximate surface area is 110 Å². The number of rotatable bonds is 2. The highest BCUT2D eigenvalue weighted by atomic mass is 15.0. The van der Waals surface area contributed by atoms with Crippen LogP contribution in [0.3, 0.4) is 0 Å². The Morgan fingerprint density at radius 1 is 1.11 bits per heavy atom. The smallest absolute Gasteiger partial charge is 0.177 e. The Balaban J connectivity index is 1.64. The number of aryl methyl sites for hydroxylation is 1. The Morgan fingerprint density at radius 3 is 2.95 bits per heavy atom. The van der Waals surface area contributed by atoms with Crippen LogP contribution in [0.4, 0.5) is 0 Å². The molecule has 94 valence electrons. The number of aromatic nitrogens is 5. The first-order valence-corrected chi connectivity index (χ1v) is 6.41. The van der Waals surface area contributed by atoms with Gasteiger partial charge < -0.3 is 4.98 Å². The lowest BCUT2D eigenvalue weighted by Crippen LogP contribution is -1.96. The fourth-order valence-electron chi connectivity index (χ4n) is 2.50. The molecule has 3 aromatic rings. The average Bonchev–Trinajstić information content (AvgIpc) is 3.09. The fourth-order valence-corrected chi connectivity index (χ4v) is 2.50. The van der Waals surface area contributed by atoms with E-state index in [1.807, 2.05) is 25.3 Å². The third-order valence-electron chi connectivity index (χ3n) is 3.62. The largest absolute Gasteiger partial charge is 0.343 e. The summed E-state index contributed by atoms with van der Waals surface area (Å²) in [6.07, 6.45) is 4.58. The van der Waals surface area contributed by atoms with Crippen LogP contribution in [0, 0.1) is 6.92 Å². The summed E-state index contributed by atoms with van der Waals surface area (Å²) in [6, 6.07) is 6.03. The lowest BCUT2D eigenvalue weighted by atomic mass is 10.2. The van der Waals surface area contributed by atoms with Crippen LogP contribution in [0.15, 0.2) is 30.7 Å². The summed E-state index contributed by atoms with van der Waals surface area (Å²) in [5, 5.41) is 0. The van der Waals surface area contributed by atoms with E-state index < -0.39 is 0 Å². The predicted molar refractivity (Wildman–Crippen MR) is 70.8 cm³/mol. The molecule has 5 heteroatoms. The summed E-state index contributed by atoms with van der Waals surface area (Å²) in [5.74, 6) is 1.78. The van der Waals surface area contributed by atoms with Crippen molar-refractivity contribution < 1.29 is 0 Å². The van der Waals surface area contributed by atoms with Gasteiger partial charge in [-0.1, -0.05) is 0 Å². The first-order valence-electron chi connectivity index (χ1n) is 6.41. The Morgan fingerprint density at radius 2 is 2.05 bits per heavy atom. The third-order valence-corrected chi connectivity index (χ3v) is 3.62. The van der Waals surface area contributed by atoms with Crippen LogP contribution >= 0.6 is 0 Å². The van der Waals surface area contributed by atoms with Gasteiger partial charge in [-0.15, -0.1) is 0 Å². The Kier molecular flexibility index (Phi) is 2.15. The number of pyridine rings is 1. The van der Waals surface area contributed by atoms with Crippen molar-refractivity contribution in [2.24, 2.45) is 0 Å². The van der Waals surface area contributed by atoms with Gasteiger partial charge in [0.05, 0.1) is 11.8 Å². The second-order valence-electron chi connectivity index (χ2n) is 5.01. The van der Waals surface area contributed by atoms with E-state index in [9.17, 15) is 0 Å². The monoisotopic (exact) mass is 251 g/mol. The molecular weight excluding hydrogens is 238 g/mol. The predicted octanol–water partition coefficient (Wildman–Crippen LogP) is 2.33. The van der Waals surface area contributed by atoms with Gasteiger partial charge in [0.25, 0.3) is 0 Å². The van der Waals surface area contributed by atoms with Crippen LogP contribution < -0.4 is 0 Å². The molecule has 0 radical (unpaired) electrons. The number of fused-ring (bicyclic) bond motifs is 1. The highest BCUT2D eigenvalue weighted by molar-refractivity contribution is 5.69. The molecule has 0 saturated heterocycles. The second-order valence-corrected chi connectivity index (χ2v) is 5.01. The zero-order valence-corrected chi connectivity index (χ0v) is 10.5. The van der Waals surface area contributed by atoms with Crippen molar-refractivity contribution in [3.8, 4) is 0 Å². The topological polar surface area (TPSA) is 67.3 Å². The molecule has 0 spiro atoms. The number of nitrogens with zero attached hydrogens (tertiary/aromatic N) is 4. The molecule has 3 heterocycles. The molecule has 0 bridgehead atoms. The molecule has 0 aliphatic heterocycles. The van der Waals surface area contributed by atoms with Gasteiger partial charge in [0.1, 0.15) is 5.82 Å². The van der Waals surface area contributed by atoms with Crippen molar-refractivity contribution in [3.63, 3.8) is 0 Å². The number of nitrogens with one attached hydrogen (secondary N) is 1. The lowest BCUT2D eigenvalue weighted by Gasteiger charge is -2.00. The molecular formula is C14H13N5. The minimum Gasteiger partial charge on any atom is -0.343 e. The molecule has 1 aliphatic carbocycles. The van der Waals surface area contributed by atoms with E-state index in [2.05, 4.69) is 31.0 Å². The van der Waals surface area contributed by atoms with Crippen molar-refractivity contribution in [2.45, 2.75) is 25.2 Å². The van der Waals surface area contributed by atoms with Gasteiger partial charge in [0, 0.05) is 29.4 Å². The van der Waals surface area contributed by atoms with Crippen molar-refractivity contribution in [1.82, 2.24) is 24.9 Å². The summed E-state index contributed by atoms with van der Waals surface area (Å²) >= 11 is 0. The molecule has 3 aromatic heterocycles. The quantitative estimate of drug-likeness (QED) is 0.759. The van der Waals surface area contributed by atoms with Gasteiger partial charge in [0.2, 0.25) is 0 Å². The Bertz CT molecular complexity index is 748. The van der Waals surface area contributed by atoms with E-state index in [0.717, 1.165) is 34.8 Å². The third kappa shape index (κ3) is 1.78. The highest BCUT2D eigenvalue weighted by Crippen LogP contribution is 2.52. The number of hydrogen-bond acceptors (Lipinski definition) is 4. The normalized spacial score (nSPS) is 21.7. The van der Waals surface area contributed by atoms with Gasteiger partial charge >= 0.3 is 0 Å². The van der Waals surface area contributed by atoms with Crippen LogP contribution in [0.1, 0.15) is 35.5 Å². The SMILES string of the molecule is Cc1ccnc([C@@H]2C[C@H]2c2ccc3[nH]cnc3n2)n1. The van der Waals surface area contributed by atoms with Gasteiger partial charge in [-0.25, -0.2) is 19.9 Å². The Hall–Kier alpha value is -2.30. The molecule has 1 saturated carbocycles. The van der Waals surface area contributed by atoms with Crippen LogP contribution in [-0.4, -0.2) is 24.9 Å². The zero-order valence-electron chi connectivity index (χ0n) is 10.5. The fraction of sp³-hybridized carbons (Fsp3) is 0.286. The van der Waals surface area contributed by atoms with Crippen LogP contribution in [-0.2, 0) is 0 Å². The minimum atomic E-state index is 0.406.